The minimum atomic E-state index is -0.528. The Morgan fingerprint density at radius 1 is 1.50 bits per heavy atom. The molecule has 0 aliphatic rings. The van der Waals surface area contributed by atoms with Gasteiger partial charge in [-0.25, -0.2) is 4.79 Å². The Balaban J connectivity index is 3.15. The first-order valence-corrected chi connectivity index (χ1v) is 4.91. The molecule has 0 aliphatic heterocycles. The van der Waals surface area contributed by atoms with Crippen LogP contribution in [0.3, 0.4) is 0 Å². The van der Waals surface area contributed by atoms with Crippen LogP contribution >= 0.6 is 15.9 Å². The first-order valence-electron chi connectivity index (χ1n) is 4.12. The average molecular weight is 262 g/mol. The summed E-state index contributed by atoms with van der Waals surface area (Å²) in [4.78, 5) is 11.2. The molecule has 1 aromatic rings. The third kappa shape index (κ3) is 1.97. The summed E-state index contributed by atoms with van der Waals surface area (Å²) < 4.78 is 10.0. The summed E-state index contributed by atoms with van der Waals surface area (Å²) in [6.07, 6.45) is 0. The molecule has 0 bridgehead atoms. The van der Waals surface area contributed by atoms with E-state index < -0.39 is 5.97 Å². The zero-order chi connectivity index (χ0) is 10.9. The first-order chi connectivity index (χ1) is 6.38. The van der Waals surface area contributed by atoms with Gasteiger partial charge in [0.05, 0.1) is 11.6 Å². The lowest BCUT2D eigenvalue weighted by Crippen LogP contribution is -2.12. The van der Waals surface area contributed by atoms with E-state index in [-0.39, 0.29) is 11.2 Å². The molecule has 4 nitrogen and oxygen atoms in total. The molecule has 1 aromatic heterocycles. The minimum absolute atomic E-state index is 0.109. The highest BCUT2D eigenvalue weighted by molar-refractivity contribution is 9.10. The number of carbonyl (C=O) groups is 1. The van der Waals surface area contributed by atoms with E-state index in [0.717, 1.165) is 0 Å². The largest absolute Gasteiger partial charge is 0.463 e. The van der Waals surface area contributed by atoms with Gasteiger partial charge in [-0.3, -0.25) is 0 Å². The van der Waals surface area contributed by atoms with Gasteiger partial charge in [0.2, 0.25) is 0 Å². The molecule has 5 heteroatoms. The molecule has 0 radical (unpaired) electrons. The fourth-order valence-corrected chi connectivity index (χ4v) is 1.87. The maximum Gasteiger partial charge on any atom is 0.378 e. The van der Waals surface area contributed by atoms with E-state index in [0.29, 0.717) is 10.2 Å². The van der Waals surface area contributed by atoms with E-state index in [4.69, 9.17) is 4.52 Å². The van der Waals surface area contributed by atoms with Gasteiger partial charge in [0.1, 0.15) is 5.69 Å². The molecule has 0 fully saturated rings. The van der Waals surface area contributed by atoms with Crippen molar-refractivity contribution in [1.29, 1.82) is 0 Å². The maximum atomic E-state index is 11.2. The van der Waals surface area contributed by atoms with Gasteiger partial charge < -0.3 is 9.26 Å². The number of rotatable bonds is 1. The second kappa shape index (κ2) is 3.73. The SMILES string of the molecule is COC(=O)c1onc(C(C)(C)C)c1Br. The van der Waals surface area contributed by atoms with Crippen molar-refractivity contribution in [3.63, 3.8) is 0 Å². The summed E-state index contributed by atoms with van der Waals surface area (Å²) in [5.74, 6) is -0.419. The standard InChI is InChI=1S/C9H12BrNO3/c1-9(2,3)7-5(10)6(14-11-7)8(12)13-4/h1-4H3. The number of hydrogen-bond acceptors (Lipinski definition) is 4. The minimum Gasteiger partial charge on any atom is -0.463 e. The van der Waals surface area contributed by atoms with Crippen LogP contribution in [0.15, 0.2) is 9.00 Å². The summed E-state index contributed by atoms with van der Waals surface area (Å²) in [6, 6.07) is 0. The monoisotopic (exact) mass is 261 g/mol. The van der Waals surface area contributed by atoms with Crippen molar-refractivity contribution in [1.82, 2.24) is 5.16 Å². The molecule has 0 unspecified atom stereocenters. The molecule has 0 saturated heterocycles. The van der Waals surface area contributed by atoms with Gasteiger partial charge in [0.15, 0.2) is 0 Å². The van der Waals surface area contributed by atoms with Crippen LogP contribution in [0.25, 0.3) is 0 Å². The van der Waals surface area contributed by atoms with Gasteiger partial charge in [-0.15, -0.1) is 0 Å². The van der Waals surface area contributed by atoms with Crippen molar-refractivity contribution < 1.29 is 14.1 Å². The lowest BCUT2D eigenvalue weighted by Gasteiger charge is -2.14. The number of carbonyl (C=O) groups excluding carboxylic acids is 1. The first kappa shape index (κ1) is 11.2. The molecule has 1 rings (SSSR count). The fourth-order valence-electron chi connectivity index (χ4n) is 0.965. The highest BCUT2D eigenvalue weighted by Crippen LogP contribution is 2.31. The fraction of sp³-hybridized carbons (Fsp3) is 0.556. The predicted molar refractivity (Wildman–Crippen MR) is 54.2 cm³/mol. The van der Waals surface area contributed by atoms with E-state index in [1.807, 2.05) is 20.8 Å². The maximum absolute atomic E-state index is 11.2. The van der Waals surface area contributed by atoms with E-state index in [1.54, 1.807) is 0 Å². The van der Waals surface area contributed by atoms with Crippen LogP contribution in [-0.2, 0) is 10.2 Å². The van der Waals surface area contributed by atoms with Crippen molar-refractivity contribution >= 4 is 21.9 Å². The molecule has 0 aliphatic carbocycles. The van der Waals surface area contributed by atoms with Gasteiger partial charge in [-0.2, -0.15) is 0 Å². The number of methoxy groups -OCH3 is 1. The van der Waals surface area contributed by atoms with Crippen LogP contribution in [0, 0.1) is 0 Å². The molecule has 0 saturated carbocycles. The lowest BCUT2D eigenvalue weighted by molar-refractivity contribution is 0.0553. The molecule has 78 valence electrons. The Kier molecular flexibility index (Phi) is 2.99. The Hall–Kier alpha value is -0.840. The Morgan fingerprint density at radius 2 is 2.07 bits per heavy atom. The number of halogens is 1. The number of nitrogens with zero attached hydrogens (tertiary/aromatic N) is 1. The van der Waals surface area contributed by atoms with E-state index in [2.05, 4.69) is 25.8 Å². The van der Waals surface area contributed by atoms with Crippen LogP contribution < -0.4 is 0 Å². The summed E-state index contributed by atoms with van der Waals surface area (Å²) in [7, 11) is 1.30. The van der Waals surface area contributed by atoms with Crippen molar-refractivity contribution in [2.45, 2.75) is 26.2 Å². The van der Waals surface area contributed by atoms with Crippen molar-refractivity contribution in [2.24, 2.45) is 0 Å². The van der Waals surface area contributed by atoms with Crippen LogP contribution in [0.2, 0.25) is 0 Å². The normalized spacial score (nSPS) is 11.5. The Bertz CT molecular complexity index is 351. The molecule has 0 spiro atoms. The van der Waals surface area contributed by atoms with Crippen LogP contribution in [0.4, 0.5) is 0 Å². The van der Waals surface area contributed by atoms with Crippen LogP contribution in [-0.4, -0.2) is 18.2 Å². The third-order valence-corrected chi connectivity index (χ3v) is 2.45. The molecular weight excluding hydrogens is 250 g/mol. The number of aromatic nitrogens is 1. The van der Waals surface area contributed by atoms with Crippen molar-refractivity contribution in [3.8, 4) is 0 Å². The molecule has 14 heavy (non-hydrogen) atoms. The second-order valence-corrected chi connectivity index (χ2v) is 4.71. The second-order valence-electron chi connectivity index (χ2n) is 3.92. The van der Waals surface area contributed by atoms with Gasteiger partial charge in [0.25, 0.3) is 5.76 Å². The third-order valence-electron chi connectivity index (χ3n) is 1.72. The Labute approximate surface area is 90.7 Å². The number of esters is 1. The van der Waals surface area contributed by atoms with E-state index in [9.17, 15) is 4.79 Å². The zero-order valence-electron chi connectivity index (χ0n) is 8.55. The number of hydrogen-bond donors (Lipinski definition) is 0. The van der Waals surface area contributed by atoms with E-state index in [1.165, 1.54) is 7.11 Å². The summed E-state index contributed by atoms with van der Waals surface area (Å²) in [6.45, 7) is 5.95. The number of ether oxygens (including phenoxy) is 1. The van der Waals surface area contributed by atoms with Crippen molar-refractivity contribution in [3.05, 3.63) is 15.9 Å². The topological polar surface area (TPSA) is 52.3 Å². The molecule has 0 N–H and O–H groups in total. The molecule has 0 amide bonds. The summed E-state index contributed by atoms with van der Waals surface area (Å²) in [5.41, 5.74) is 0.534. The highest BCUT2D eigenvalue weighted by atomic mass is 79.9. The predicted octanol–water partition coefficient (Wildman–Crippen LogP) is 2.52. The molecule has 0 aromatic carbocycles. The van der Waals surface area contributed by atoms with Gasteiger partial charge in [0, 0.05) is 5.41 Å². The highest BCUT2D eigenvalue weighted by Gasteiger charge is 2.28. The van der Waals surface area contributed by atoms with Gasteiger partial charge in [-0.1, -0.05) is 25.9 Å². The average Bonchev–Trinajstić information content (AvgIpc) is 2.45. The Morgan fingerprint density at radius 3 is 2.43 bits per heavy atom. The smallest absolute Gasteiger partial charge is 0.378 e. The summed E-state index contributed by atoms with van der Waals surface area (Å²) >= 11 is 3.27. The lowest BCUT2D eigenvalue weighted by atomic mass is 9.92. The van der Waals surface area contributed by atoms with Gasteiger partial charge in [-0.05, 0) is 15.9 Å². The molecule has 0 atom stereocenters. The van der Waals surface area contributed by atoms with Gasteiger partial charge >= 0.3 is 5.97 Å². The van der Waals surface area contributed by atoms with Crippen molar-refractivity contribution in [2.75, 3.05) is 7.11 Å². The zero-order valence-corrected chi connectivity index (χ0v) is 10.1. The molecule has 1 heterocycles. The van der Waals surface area contributed by atoms with Crippen LogP contribution in [0.1, 0.15) is 37.0 Å². The van der Waals surface area contributed by atoms with Crippen LogP contribution in [0.5, 0.6) is 0 Å². The summed E-state index contributed by atoms with van der Waals surface area (Å²) in [5, 5.41) is 3.83. The van der Waals surface area contributed by atoms with E-state index >= 15 is 0 Å². The molecular formula is C9H12BrNO3. The quantitative estimate of drug-likeness (QED) is 0.730.